The summed E-state index contributed by atoms with van der Waals surface area (Å²) in [6, 6.07) is 15.7. The topological polar surface area (TPSA) is 117 Å². The largest absolute Gasteiger partial charge is 0.491 e. The molecule has 0 bridgehead atoms. The van der Waals surface area contributed by atoms with Gasteiger partial charge in [0.1, 0.15) is 50.0 Å². The van der Waals surface area contributed by atoms with Crippen LogP contribution in [0.25, 0.3) is 0 Å². The van der Waals surface area contributed by atoms with Gasteiger partial charge in [0, 0.05) is 18.3 Å². The third kappa shape index (κ3) is 14.0. The molecule has 0 saturated carbocycles. The Morgan fingerprint density at radius 2 is 1.13 bits per heavy atom. The van der Waals surface area contributed by atoms with E-state index in [9.17, 15) is 19.8 Å². The SMILES string of the molecule is CCCCC(=O)N[N+](C)(C)CC(O)COc1ccc(C(C)(C)c2ccc(OCC(O)C[N+](C)(C)NC(=O)CCCS)cc2)cc1. The average Bonchev–Trinajstić information content (AvgIpc) is 2.96. The van der Waals surface area contributed by atoms with Crippen LogP contribution in [0.1, 0.15) is 64.0 Å². The maximum Gasteiger partial charge on any atom is 0.265 e. The highest BCUT2D eigenvalue weighted by Gasteiger charge is 2.26. The van der Waals surface area contributed by atoms with Crippen molar-refractivity contribution in [1.82, 2.24) is 10.9 Å². The number of benzene rings is 2. The number of aliphatic hydroxyl groups excluding tert-OH is 2. The van der Waals surface area contributed by atoms with E-state index < -0.39 is 12.2 Å². The molecule has 0 aliphatic heterocycles. The predicted octanol–water partition coefficient (Wildman–Crippen LogP) is 3.61. The number of hydrogen-bond acceptors (Lipinski definition) is 7. The Morgan fingerprint density at radius 1 is 0.756 bits per heavy atom. The first kappa shape index (κ1) is 38.4. The van der Waals surface area contributed by atoms with E-state index in [1.165, 1.54) is 0 Å². The van der Waals surface area contributed by atoms with E-state index >= 15 is 0 Å². The molecule has 0 fully saturated rings. The van der Waals surface area contributed by atoms with Crippen LogP contribution in [0.15, 0.2) is 48.5 Å². The lowest BCUT2D eigenvalue weighted by molar-refractivity contribution is -0.928. The van der Waals surface area contributed by atoms with Crippen molar-refractivity contribution in [3.05, 3.63) is 59.7 Å². The van der Waals surface area contributed by atoms with Gasteiger partial charge >= 0.3 is 0 Å². The van der Waals surface area contributed by atoms with Gasteiger partial charge < -0.3 is 19.7 Å². The van der Waals surface area contributed by atoms with Gasteiger partial charge in [0.25, 0.3) is 11.8 Å². The molecule has 2 atom stereocenters. The number of carbonyl (C=O) groups excluding carboxylic acids is 2. The van der Waals surface area contributed by atoms with Gasteiger partial charge in [-0.3, -0.25) is 9.59 Å². The highest BCUT2D eigenvalue weighted by atomic mass is 32.1. The van der Waals surface area contributed by atoms with E-state index in [1.807, 2.05) is 83.6 Å². The van der Waals surface area contributed by atoms with Gasteiger partial charge in [0.05, 0.1) is 28.2 Å². The maximum atomic E-state index is 12.1. The third-order valence-electron chi connectivity index (χ3n) is 7.55. The molecule has 10 nitrogen and oxygen atoms in total. The lowest BCUT2D eigenvalue weighted by atomic mass is 9.78. The highest BCUT2D eigenvalue weighted by molar-refractivity contribution is 7.80. The summed E-state index contributed by atoms with van der Waals surface area (Å²) >= 11 is 4.14. The van der Waals surface area contributed by atoms with Crippen LogP contribution >= 0.6 is 12.6 Å². The van der Waals surface area contributed by atoms with E-state index in [-0.39, 0.29) is 39.6 Å². The van der Waals surface area contributed by atoms with Gasteiger partial charge in [-0.15, -0.1) is 0 Å². The van der Waals surface area contributed by atoms with E-state index in [4.69, 9.17) is 9.47 Å². The van der Waals surface area contributed by atoms with Crippen molar-refractivity contribution >= 4 is 24.4 Å². The number of amides is 2. The highest BCUT2D eigenvalue weighted by Crippen LogP contribution is 2.33. The number of thiol groups is 1. The Bertz CT molecular complexity index is 1100. The van der Waals surface area contributed by atoms with Crippen LogP contribution in [0.4, 0.5) is 0 Å². The van der Waals surface area contributed by atoms with E-state index in [2.05, 4.69) is 37.3 Å². The number of aliphatic hydroxyl groups is 2. The van der Waals surface area contributed by atoms with Crippen molar-refractivity contribution in [3.63, 3.8) is 0 Å². The lowest BCUT2D eigenvalue weighted by Gasteiger charge is -2.31. The number of hydrogen-bond donors (Lipinski definition) is 5. The van der Waals surface area contributed by atoms with Gasteiger partial charge in [0.2, 0.25) is 0 Å². The number of carbonyl (C=O) groups is 2. The Hall–Kier alpha value is -2.83. The summed E-state index contributed by atoms with van der Waals surface area (Å²) in [5, 5.41) is 21.1. The zero-order valence-corrected chi connectivity index (χ0v) is 29.1. The molecular weight excluding hydrogens is 592 g/mol. The normalized spacial score (nSPS) is 13.6. The van der Waals surface area contributed by atoms with Crippen molar-refractivity contribution in [2.24, 2.45) is 0 Å². The summed E-state index contributed by atoms with van der Waals surface area (Å²) in [5.41, 5.74) is 7.76. The zero-order valence-electron chi connectivity index (χ0n) is 28.2. The summed E-state index contributed by atoms with van der Waals surface area (Å²) in [7, 11) is 7.37. The molecule has 0 aliphatic carbocycles. The molecule has 0 spiro atoms. The molecule has 2 aromatic carbocycles. The Morgan fingerprint density at radius 3 is 1.49 bits per heavy atom. The Kier molecular flexibility index (Phi) is 15.1. The smallest absolute Gasteiger partial charge is 0.265 e. The van der Waals surface area contributed by atoms with Crippen LogP contribution in [0.5, 0.6) is 11.5 Å². The molecule has 2 amide bonds. The molecule has 4 N–H and O–H groups in total. The first-order chi connectivity index (χ1) is 21.1. The molecule has 0 heterocycles. The Balaban J connectivity index is 1.87. The monoisotopic (exact) mass is 648 g/mol. The fraction of sp³-hybridized carbons (Fsp3) is 0.588. The number of ether oxygens (including phenoxy) is 2. The average molecular weight is 649 g/mol. The minimum absolute atomic E-state index is 0.0212. The van der Waals surface area contributed by atoms with Crippen LogP contribution < -0.4 is 20.3 Å². The zero-order chi connectivity index (χ0) is 33.7. The van der Waals surface area contributed by atoms with Crippen LogP contribution in [-0.4, -0.2) is 104 Å². The van der Waals surface area contributed by atoms with Gasteiger partial charge in [0.15, 0.2) is 0 Å². The lowest BCUT2D eigenvalue weighted by Crippen LogP contribution is -2.58. The van der Waals surface area contributed by atoms with Gasteiger partial charge in [-0.05, 0) is 54.0 Å². The van der Waals surface area contributed by atoms with Gasteiger partial charge in [-0.25, -0.2) is 20.0 Å². The quantitative estimate of drug-likeness (QED) is 0.0852. The van der Waals surface area contributed by atoms with Crippen molar-refractivity contribution in [2.45, 2.75) is 70.5 Å². The maximum absolute atomic E-state index is 12.1. The summed E-state index contributed by atoms with van der Waals surface area (Å²) in [5.74, 6) is 1.88. The summed E-state index contributed by atoms with van der Waals surface area (Å²) in [6.45, 7) is 7.20. The molecule has 11 heteroatoms. The second-order valence-electron chi connectivity index (χ2n) is 13.3. The van der Waals surface area contributed by atoms with Crippen molar-refractivity contribution in [2.75, 3.05) is 60.2 Å². The number of nitrogens with one attached hydrogen (secondary N) is 2. The second-order valence-corrected chi connectivity index (χ2v) is 13.8. The molecule has 0 aromatic heterocycles. The summed E-state index contributed by atoms with van der Waals surface area (Å²) in [4.78, 5) is 24.1. The standard InChI is InChI=1S/C34H54N4O6S/c1-8-9-11-32(41)35-37(4,5)22-28(39)24-43-30-17-13-26(14-18-30)34(2,3)27-15-19-31(20-16-27)44-25-29(40)23-38(6,7)36-33(42)12-10-21-45/h13-20,28-29,39-40H,8-12,21-25H2,1-7H3,(H-2,35,36,41,42,45)/p+2. The van der Waals surface area contributed by atoms with Crippen LogP contribution in [0.2, 0.25) is 0 Å². The van der Waals surface area contributed by atoms with Crippen molar-refractivity contribution in [1.29, 1.82) is 0 Å². The van der Waals surface area contributed by atoms with Crippen molar-refractivity contribution in [3.8, 4) is 11.5 Å². The fourth-order valence-electron chi connectivity index (χ4n) is 5.10. The molecule has 2 aromatic rings. The minimum atomic E-state index is -0.759. The molecule has 0 aliphatic rings. The van der Waals surface area contributed by atoms with Crippen LogP contribution in [0, 0.1) is 0 Å². The number of rotatable bonds is 20. The first-order valence-electron chi connectivity index (χ1n) is 15.8. The Labute approximate surface area is 275 Å². The fourth-order valence-corrected chi connectivity index (χ4v) is 5.26. The molecule has 0 radical (unpaired) electrons. The van der Waals surface area contributed by atoms with E-state index in [1.54, 1.807) is 0 Å². The second kappa shape index (κ2) is 17.8. The number of unbranched alkanes of at least 4 members (excludes halogenated alkanes) is 1. The molecular formula is C34H56N4O6S+2. The number of nitrogens with zero attached hydrogens (tertiary/aromatic N) is 2. The summed E-state index contributed by atoms with van der Waals surface area (Å²) < 4.78 is 12.0. The molecule has 2 unspecified atom stereocenters. The van der Waals surface area contributed by atoms with Crippen LogP contribution in [0.3, 0.4) is 0 Å². The first-order valence-corrected chi connectivity index (χ1v) is 16.4. The van der Waals surface area contributed by atoms with E-state index in [0.29, 0.717) is 49.6 Å². The molecule has 2 rings (SSSR count). The minimum Gasteiger partial charge on any atom is -0.491 e. The predicted molar refractivity (Wildman–Crippen MR) is 181 cm³/mol. The summed E-state index contributed by atoms with van der Waals surface area (Å²) in [6.07, 6.45) is 1.89. The van der Waals surface area contributed by atoms with Gasteiger partial charge in [-0.2, -0.15) is 12.6 Å². The molecule has 252 valence electrons. The van der Waals surface area contributed by atoms with E-state index in [0.717, 1.165) is 24.0 Å². The number of quaternary nitrogens is 2. The van der Waals surface area contributed by atoms with Crippen molar-refractivity contribution < 1.29 is 38.5 Å². The molecule has 0 saturated heterocycles. The van der Waals surface area contributed by atoms with Gasteiger partial charge in [-0.1, -0.05) is 51.5 Å². The number of likely N-dealkylation sites (N-methyl/N-ethyl adjacent to an activating group) is 2. The third-order valence-corrected chi connectivity index (χ3v) is 7.86. The molecule has 45 heavy (non-hydrogen) atoms. The van der Waals surface area contributed by atoms with Crippen LogP contribution in [-0.2, 0) is 15.0 Å².